The highest BCUT2D eigenvalue weighted by molar-refractivity contribution is 5.71. The van der Waals surface area contributed by atoms with E-state index in [4.69, 9.17) is 18.9 Å². The van der Waals surface area contributed by atoms with Crippen molar-refractivity contribution in [1.82, 2.24) is 0 Å². The molecular weight excluding hydrogens is 995 g/mol. The minimum atomic E-state index is -1.50. The molecule has 0 amide bonds. The summed E-state index contributed by atoms with van der Waals surface area (Å²) >= 11 is 0. The van der Waals surface area contributed by atoms with Gasteiger partial charge in [-0.3, -0.25) is 9.59 Å². The molecule has 476 valence electrons. The molecule has 0 aromatic rings. The molecule has 0 aliphatic carbocycles. The fraction of sp³-hybridized carbons (Fsp3) is 0.958. The summed E-state index contributed by atoms with van der Waals surface area (Å²) in [5.74, 6) is -1.97. The van der Waals surface area contributed by atoms with Gasteiger partial charge >= 0.3 is 17.9 Å². The van der Waals surface area contributed by atoms with Gasteiger partial charge in [0.05, 0.1) is 34.4 Å². The zero-order chi connectivity index (χ0) is 58.3. The van der Waals surface area contributed by atoms with Crippen LogP contribution in [0.3, 0.4) is 0 Å². The number of carbonyl (C=O) groups is 3. The molecule has 1 N–H and O–H groups in total. The lowest BCUT2D eigenvalue weighted by molar-refractivity contribution is -0.870. The van der Waals surface area contributed by atoms with Crippen molar-refractivity contribution in [3.8, 4) is 0 Å². The summed E-state index contributed by atoms with van der Waals surface area (Å²) in [6.45, 7) is 4.97. The predicted molar refractivity (Wildman–Crippen MR) is 342 cm³/mol. The molecule has 0 aromatic heterocycles. The van der Waals surface area contributed by atoms with E-state index in [0.717, 1.165) is 38.5 Å². The second-order valence-electron chi connectivity index (χ2n) is 25.9. The van der Waals surface area contributed by atoms with Gasteiger partial charge in [-0.05, 0) is 12.8 Å². The molecule has 0 fully saturated rings. The number of esters is 2. The third-order valence-electron chi connectivity index (χ3n) is 16.6. The molecule has 0 aromatic carbocycles. The van der Waals surface area contributed by atoms with E-state index in [1.165, 1.54) is 315 Å². The fourth-order valence-electron chi connectivity index (χ4n) is 11.1. The normalized spacial score (nSPS) is 12.6. The third kappa shape index (κ3) is 63.9. The largest absolute Gasteiger partial charge is 0.477 e. The lowest BCUT2D eigenvalue weighted by atomic mass is 10.0. The number of hydrogen-bond donors (Lipinski definition) is 1. The Hall–Kier alpha value is -1.71. The molecule has 9 heteroatoms. The van der Waals surface area contributed by atoms with Crippen molar-refractivity contribution in [2.75, 3.05) is 47.5 Å². The molecular formula is C71H140NO8+. The van der Waals surface area contributed by atoms with Gasteiger partial charge in [0.1, 0.15) is 13.2 Å². The van der Waals surface area contributed by atoms with E-state index in [-0.39, 0.29) is 38.2 Å². The number of hydrogen-bond acceptors (Lipinski definition) is 7. The van der Waals surface area contributed by atoms with E-state index in [1.807, 2.05) is 21.1 Å². The van der Waals surface area contributed by atoms with Crippen molar-refractivity contribution in [3.63, 3.8) is 0 Å². The van der Waals surface area contributed by atoms with Gasteiger partial charge in [0.2, 0.25) is 0 Å². The Morgan fingerprint density at radius 1 is 0.325 bits per heavy atom. The summed E-state index contributed by atoms with van der Waals surface area (Å²) in [7, 11) is 5.99. The van der Waals surface area contributed by atoms with Crippen molar-refractivity contribution in [1.29, 1.82) is 0 Å². The molecule has 0 aliphatic rings. The highest BCUT2D eigenvalue weighted by atomic mass is 16.7. The Balaban J connectivity index is 3.94. The van der Waals surface area contributed by atoms with Crippen molar-refractivity contribution < 1.29 is 42.9 Å². The van der Waals surface area contributed by atoms with Crippen LogP contribution in [0, 0.1) is 0 Å². The van der Waals surface area contributed by atoms with E-state index in [1.54, 1.807) is 0 Å². The zero-order valence-electron chi connectivity index (χ0n) is 54.5. The minimum Gasteiger partial charge on any atom is -0.477 e. The van der Waals surface area contributed by atoms with Crippen LogP contribution in [0.1, 0.15) is 380 Å². The second-order valence-corrected chi connectivity index (χ2v) is 25.9. The summed E-state index contributed by atoms with van der Waals surface area (Å²) in [4.78, 5) is 37.5. The molecule has 0 heterocycles. The molecule has 80 heavy (non-hydrogen) atoms. The van der Waals surface area contributed by atoms with Crippen LogP contribution in [0.15, 0.2) is 0 Å². The molecule has 0 rings (SSSR count). The Morgan fingerprint density at radius 2 is 0.562 bits per heavy atom. The summed E-state index contributed by atoms with van der Waals surface area (Å²) in [5.41, 5.74) is 0. The maximum Gasteiger partial charge on any atom is 0.361 e. The van der Waals surface area contributed by atoms with Crippen molar-refractivity contribution in [2.24, 2.45) is 0 Å². The number of quaternary nitrogens is 1. The fourth-order valence-corrected chi connectivity index (χ4v) is 11.1. The molecule has 0 radical (unpaired) electrons. The topological polar surface area (TPSA) is 108 Å². The third-order valence-corrected chi connectivity index (χ3v) is 16.6. The first-order chi connectivity index (χ1) is 39.1. The molecule has 0 bridgehead atoms. The highest BCUT2D eigenvalue weighted by Crippen LogP contribution is 2.20. The van der Waals surface area contributed by atoms with Crippen LogP contribution in [0.5, 0.6) is 0 Å². The molecule has 9 nitrogen and oxygen atoms in total. The average Bonchev–Trinajstić information content (AvgIpc) is 3.43. The van der Waals surface area contributed by atoms with Gasteiger partial charge in [-0.1, -0.05) is 354 Å². The Bertz CT molecular complexity index is 1270. The first-order valence-corrected chi connectivity index (χ1v) is 35.7. The summed E-state index contributed by atoms with van der Waals surface area (Å²) in [5, 5.41) is 9.73. The highest BCUT2D eigenvalue weighted by Gasteiger charge is 2.25. The Kier molecular flexibility index (Phi) is 62.0. The van der Waals surface area contributed by atoms with Crippen molar-refractivity contribution in [3.05, 3.63) is 0 Å². The Labute approximate surface area is 498 Å². The molecule has 2 unspecified atom stereocenters. The van der Waals surface area contributed by atoms with Gasteiger partial charge in [0.25, 0.3) is 6.29 Å². The first kappa shape index (κ1) is 78.3. The van der Waals surface area contributed by atoms with Crippen LogP contribution in [0.4, 0.5) is 0 Å². The van der Waals surface area contributed by atoms with Crippen LogP contribution < -0.4 is 0 Å². The summed E-state index contributed by atoms with van der Waals surface area (Å²) in [6, 6.07) is 0. The quantitative estimate of drug-likeness (QED) is 0.0278. The van der Waals surface area contributed by atoms with Crippen LogP contribution in [0.2, 0.25) is 0 Å². The van der Waals surface area contributed by atoms with E-state index in [0.29, 0.717) is 17.4 Å². The smallest absolute Gasteiger partial charge is 0.361 e. The van der Waals surface area contributed by atoms with E-state index >= 15 is 0 Å². The Morgan fingerprint density at radius 3 is 0.800 bits per heavy atom. The van der Waals surface area contributed by atoms with Crippen LogP contribution in [-0.2, 0) is 33.3 Å². The van der Waals surface area contributed by atoms with Gasteiger partial charge in [0.15, 0.2) is 6.10 Å². The van der Waals surface area contributed by atoms with Gasteiger partial charge in [-0.15, -0.1) is 0 Å². The second kappa shape index (κ2) is 63.3. The maximum absolute atomic E-state index is 12.9. The standard InChI is InChI=1S/C71H139NO8/c1-6-8-10-12-14-16-18-20-22-24-26-27-28-29-30-31-32-33-34-35-36-37-38-39-40-41-42-43-44-46-48-50-52-54-56-58-60-62-69(74)80-67(66-79-71(70(75)76)77-64-63-72(3,4)5)65-78-68(73)61-59-57-55-53-51-49-47-45-25-23-21-19-17-15-13-11-9-7-2/h67,71H,6-66H2,1-5H3/p+1. The van der Waals surface area contributed by atoms with Gasteiger partial charge < -0.3 is 28.5 Å². The molecule has 0 spiro atoms. The van der Waals surface area contributed by atoms with E-state index < -0.39 is 18.4 Å². The van der Waals surface area contributed by atoms with Crippen LogP contribution >= 0.6 is 0 Å². The zero-order valence-corrected chi connectivity index (χ0v) is 54.5. The van der Waals surface area contributed by atoms with Crippen molar-refractivity contribution in [2.45, 2.75) is 392 Å². The van der Waals surface area contributed by atoms with Gasteiger partial charge in [-0.2, -0.15) is 0 Å². The SMILES string of the molecule is CCCCCCCCCCCCCCCCCCCCCCCCCCCCCCCCCCCCCCCC(=O)OC(COC(=O)CCCCCCCCCCCCCCCCCCCC)COC(OCC[N+](C)(C)C)C(=O)O. The predicted octanol–water partition coefficient (Wildman–Crippen LogP) is 21.9. The number of nitrogens with zero attached hydrogens (tertiary/aromatic N) is 1. The first-order valence-electron chi connectivity index (χ1n) is 35.7. The number of rotatable bonds is 68. The maximum atomic E-state index is 12.9. The van der Waals surface area contributed by atoms with Crippen molar-refractivity contribution >= 4 is 17.9 Å². The van der Waals surface area contributed by atoms with Gasteiger partial charge in [0, 0.05) is 12.8 Å². The molecule has 0 saturated heterocycles. The van der Waals surface area contributed by atoms with Gasteiger partial charge in [-0.25, -0.2) is 4.79 Å². The number of ether oxygens (including phenoxy) is 4. The van der Waals surface area contributed by atoms with E-state index in [2.05, 4.69) is 13.8 Å². The monoisotopic (exact) mass is 1140 g/mol. The van der Waals surface area contributed by atoms with Crippen LogP contribution in [0.25, 0.3) is 0 Å². The lowest BCUT2D eigenvalue weighted by Crippen LogP contribution is -2.40. The number of carboxylic acids is 1. The van der Waals surface area contributed by atoms with E-state index in [9.17, 15) is 19.5 Å². The number of carbonyl (C=O) groups excluding carboxylic acids is 2. The molecule has 0 aliphatic heterocycles. The number of likely N-dealkylation sites (N-methyl/N-ethyl adjacent to an activating group) is 1. The molecule has 2 atom stereocenters. The lowest BCUT2D eigenvalue weighted by Gasteiger charge is -2.25. The minimum absolute atomic E-state index is 0.172. The summed E-state index contributed by atoms with van der Waals surface area (Å²) < 4.78 is 23.0. The summed E-state index contributed by atoms with van der Waals surface area (Å²) in [6.07, 6.45) is 72.4. The van der Waals surface area contributed by atoms with Crippen LogP contribution in [-0.4, -0.2) is 87.4 Å². The molecule has 0 saturated carbocycles. The number of unbranched alkanes of at least 4 members (excludes halogenated alkanes) is 53. The number of carboxylic acid groups (broad SMARTS) is 1. The average molecular weight is 1140 g/mol. The number of aliphatic carboxylic acids is 1.